The van der Waals surface area contributed by atoms with E-state index in [4.69, 9.17) is 9.47 Å². The summed E-state index contributed by atoms with van der Waals surface area (Å²) in [6, 6.07) is 0. The fourth-order valence-corrected chi connectivity index (χ4v) is 2.74. The standard InChI is InChI=1S/C11H14O4/c1-14-10(12)8-6-3-4-7(5-6)9(8)11(13)15-2/h3-4,6-9H,5H2,1-2H3/t6?,7?,8-,9-/m0/s1. The molecular formula is C11H14O4. The minimum Gasteiger partial charge on any atom is -0.469 e. The van der Waals surface area contributed by atoms with Crippen LogP contribution in [0.3, 0.4) is 0 Å². The van der Waals surface area contributed by atoms with Gasteiger partial charge >= 0.3 is 11.9 Å². The molecule has 15 heavy (non-hydrogen) atoms. The summed E-state index contributed by atoms with van der Waals surface area (Å²) in [5.74, 6) is -1.02. The Morgan fingerprint density at radius 3 is 1.73 bits per heavy atom. The number of hydrogen-bond acceptors (Lipinski definition) is 4. The molecule has 2 aliphatic carbocycles. The van der Waals surface area contributed by atoms with Gasteiger partial charge in [0, 0.05) is 0 Å². The number of fused-ring (bicyclic) bond motifs is 2. The Bertz CT molecular complexity index is 291. The van der Waals surface area contributed by atoms with Gasteiger partial charge in [0.1, 0.15) is 0 Å². The zero-order valence-electron chi connectivity index (χ0n) is 8.80. The number of hydrogen-bond donors (Lipinski definition) is 0. The number of rotatable bonds is 2. The van der Waals surface area contributed by atoms with Crippen LogP contribution in [0.1, 0.15) is 6.42 Å². The quantitative estimate of drug-likeness (QED) is 0.499. The van der Waals surface area contributed by atoms with Crippen LogP contribution in [0.15, 0.2) is 12.2 Å². The maximum Gasteiger partial charge on any atom is 0.310 e. The van der Waals surface area contributed by atoms with Crippen LogP contribution >= 0.6 is 0 Å². The molecule has 2 rings (SSSR count). The SMILES string of the molecule is COC(=O)[C@H]1C2C=CC(C2)[C@@H]1C(=O)OC. The summed E-state index contributed by atoms with van der Waals surface area (Å²) in [6.45, 7) is 0. The van der Waals surface area contributed by atoms with Gasteiger partial charge in [-0.15, -0.1) is 0 Å². The molecule has 0 aliphatic heterocycles. The number of ether oxygens (including phenoxy) is 2. The highest BCUT2D eigenvalue weighted by Gasteiger charge is 2.52. The van der Waals surface area contributed by atoms with E-state index in [0.717, 1.165) is 6.42 Å². The van der Waals surface area contributed by atoms with Crippen LogP contribution in [0.5, 0.6) is 0 Å². The normalized spacial score (nSPS) is 36.7. The highest BCUT2D eigenvalue weighted by molar-refractivity contribution is 5.84. The minimum absolute atomic E-state index is 0.145. The largest absolute Gasteiger partial charge is 0.469 e. The molecule has 2 bridgehead atoms. The van der Waals surface area contributed by atoms with Crippen LogP contribution in [0.4, 0.5) is 0 Å². The molecule has 0 N–H and O–H groups in total. The lowest BCUT2D eigenvalue weighted by Crippen LogP contribution is -2.34. The maximum atomic E-state index is 11.6. The second-order valence-corrected chi connectivity index (χ2v) is 4.05. The Balaban J connectivity index is 2.24. The van der Waals surface area contributed by atoms with E-state index in [0.29, 0.717) is 0 Å². The van der Waals surface area contributed by atoms with E-state index in [1.807, 2.05) is 12.2 Å². The number of carbonyl (C=O) groups excluding carboxylic acids is 2. The Morgan fingerprint density at radius 1 is 1.00 bits per heavy atom. The van der Waals surface area contributed by atoms with Crippen molar-refractivity contribution in [1.82, 2.24) is 0 Å². The van der Waals surface area contributed by atoms with E-state index >= 15 is 0 Å². The third kappa shape index (κ3) is 1.44. The Labute approximate surface area is 88.2 Å². The van der Waals surface area contributed by atoms with E-state index in [1.54, 1.807) is 0 Å². The Kier molecular flexibility index (Phi) is 2.50. The molecule has 0 saturated heterocycles. The average Bonchev–Trinajstić information content (AvgIpc) is 2.86. The van der Waals surface area contributed by atoms with Crippen LogP contribution in [0.2, 0.25) is 0 Å². The second-order valence-electron chi connectivity index (χ2n) is 4.05. The molecule has 1 fully saturated rings. The van der Waals surface area contributed by atoms with Crippen LogP contribution in [0, 0.1) is 23.7 Å². The molecule has 2 aliphatic rings. The first-order valence-electron chi connectivity index (χ1n) is 5.03. The van der Waals surface area contributed by atoms with Gasteiger partial charge < -0.3 is 9.47 Å². The fourth-order valence-electron chi connectivity index (χ4n) is 2.74. The summed E-state index contributed by atoms with van der Waals surface area (Å²) < 4.78 is 9.46. The second kappa shape index (κ2) is 3.68. The molecule has 0 amide bonds. The monoisotopic (exact) mass is 210 g/mol. The number of methoxy groups -OCH3 is 2. The molecule has 0 aromatic rings. The lowest BCUT2D eigenvalue weighted by molar-refractivity contribution is -0.158. The molecule has 4 heteroatoms. The van der Waals surface area contributed by atoms with Crippen molar-refractivity contribution >= 4 is 11.9 Å². The molecule has 82 valence electrons. The van der Waals surface area contributed by atoms with Gasteiger partial charge in [-0.2, -0.15) is 0 Å². The van der Waals surface area contributed by atoms with Crippen molar-refractivity contribution in [3.05, 3.63) is 12.2 Å². The first-order valence-corrected chi connectivity index (χ1v) is 5.03. The molecule has 0 heterocycles. The van der Waals surface area contributed by atoms with E-state index < -0.39 is 0 Å². The van der Waals surface area contributed by atoms with E-state index in [-0.39, 0.29) is 35.6 Å². The summed E-state index contributed by atoms with van der Waals surface area (Å²) in [5, 5.41) is 0. The summed E-state index contributed by atoms with van der Waals surface area (Å²) in [5.41, 5.74) is 0. The van der Waals surface area contributed by atoms with Crippen LogP contribution in [-0.2, 0) is 19.1 Å². The predicted octanol–water partition coefficient (Wildman–Crippen LogP) is 0.771. The van der Waals surface area contributed by atoms with Gasteiger partial charge in [0.05, 0.1) is 26.1 Å². The molecule has 4 nitrogen and oxygen atoms in total. The smallest absolute Gasteiger partial charge is 0.310 e. The minimum atomic E-state index is -0.350. The molecular weight excluding hydrogens is 196 g/mol. The third-order valence-corrected chi connectivity index (χ3v) is 3.41. The Hall–Kier alpha value is -1.32. The van der Waals surface area contributed by atoms with Gasteiger partial charge in [-0.05, 0) is 18.3 Å². The van der Waals surface area contributed by atoms with E-state index in [1.165, 1.54) is 14.2 Å². The first-order chi connectivity index (χ1) is 7.19. The molecule has 0 aromatic carbocycles. The van der Waals surface area contributed by atoms with Gasteiger partial charge in [0.2, 0.25) is 0 Å². The predicted molar refractivity (Wildman–Crippen MR) is 51.7 cm³/mol. The summed E-state index contributed by atoms with van der Waals surface area (Å²) in [6.07, 6.45) is 4.87. The molecule has 0 spiro atoms. The third-order valence-electron chi connectivity index (χ3n) is 3.41. The highest BCUT2D eigenvalue weighted by atomic mass is 16.5. The lowest BCUT2D eigenvalue weighted by Gasteiger charge is -2.23. The highest BCUT2D eigenvalue weighted by Crippen LogP contribution is 2.48. The van der Waals surface area contributed by atoms with E-state index in [9.17, 15) is 9.59 Å². The molecule has 1 saturated carbocycles. The number of allylic oxidation sites excluding steroid dienone is 2. The summed E-state index contributed by atoms with van der Waals surface area (Å²) in [7, 11) is 2.71. The zero-order valence-corrected chi connectivity index (χ0v) is 8.80. The molecule has 4 atom stereocenters. The summed E-state index contributed by atoms with van der Waals surface area (Å²) in [4.78, 5) is 23.1. The topological polar surface area (TPSA) is 52.6 Å². The van der Waals surface area contributed by atoms with Crippen molar-refractivity contribution in [3.8, 4) is 0 Å². The van der Waals surface area contributed by atoms with Gasteiger partial charge in [0.15, 0.2) is 0 Å². The summed E-state index contributed by atoms with van der Waals surface area (Å²) >= 11 is 0. The number of esters is 2. The van der Waals surface area contributed by atoms with Gasteiger partial charge in [-0.3, -0.25) is 9.59 Å². The van der Waals surface area contributed by atoms with E-state index in [2.05, 4.69) is 0 Å². The zero-order chi connectivity index (χ0) is 11.0. The number of carbonyl (C=O) groups is 2. The van der Waals surface area contributed by atoms with Crippen molar-refractivity contribution in [3.63, 3.8) is 0 Å². The average molecular weight is 210 g/mol. The van der Waals surface area contributed by atoms with Crippen molar-refractivity contribution in [2.24, 2.45) is 23.7 Å². The fraction of sp³-hybridized carbons (Fsp3) is 0.636. The van der Waals surface area contributed by atoms with Gasteiger partial charge in [0.25, 0.3) is 0 Å². The lowest BCUT2D eigenvalue weighted by atomic mass is 9.83. The van der Waals surface area contributed by atoms with Crippen LogP contribution < -0.4 is 0 Å². The molecule has 0 radical (unpaired) electrons. The van der Waals surface area contributed by atoms with Crippen LogP contribution in [-0.4, -0.2) is 26.2 Å². The molecule has 0 aromatic heterocycles. The maximum absolute atomic E-state index is 11.6. The van der Waals surface area contributed by atoms with Crippen molar-refractivity contribution in [1.29, 1.82) is 0 Å². The van der Waals surface area contributed by atoms with Crippen molar-refractivity contribution < 1.29 is 19.1 Å². The van der Waals surface area contributed by atoms with Crippen LogP contribution in [0.25, 0.3) is 0 Å². The van der Waals surface area contributed by atoms with Gasteiger partial charge in [-0.1, -0.05) is 12.2 Å². The first kappa shape index (κ1) is 10.2. The van der Waals surface area contributed by atoms with Crippen molar-refractivity contribution in [2.45, 2.75) is 6.42 Å². The molecule has 2 unspecified atom stereocenters. The van der Waals surface area contributed by atoms with Crippen molar-refractivity contribution in [2.75, 3.05) is 14.2 Å². The van der Waals surface area contributed by atoms with Gasteiger partial charge in [-0.25, -0.2) is 0 Å². The Morgan fingerprint density at radius 2 is 1.40 bits per heavy atom.